The van der Waals surface area contributed by atoms with Gasteiger partial charge in [-0.3, -0.25) is 0 Å². The molecule has 0 spiro atoms. The minimum Gasteiger partial charge on any atom is -0.491 e. The van der Waals surface area contributed by atoms with Gasteiger partial charge in [-0.2, -0.15) is 0 Å². The van der Waals surface area contributed by atoms with Crippen LogP contribution in [0.2, 0.25) is 0 Å². The molecule has 0 aliphatic rings. The van der Waals surface area contributed by atoms with E-state index in [4.69, 9.17) is 14.2 Å². The molecule has 1 rings (SSSR count). The van der Waals surface area contributed by atoms with Gasteiger partial charge in [0.05, 0.1) is 13.2 Å². The lowest BCUT2D eigenvalue weighted by molar-refractivity contribution is 0.101. The van der Waals surface area contributed by atoms with Crippen molar-refractivity contribution in [2.45, 2.75) is 6.42 Å². The summed E-state index contributed by atoms with van der Waals surface area (Å²) in [6.45, 7) is 4.50. The molecule has 0 unspecified atom stereocenters. The van der Waals surface area contributed by atoms with E-state index in [9.17, 15) is 0 Å². The average molecular weight is 332 g/mol. The van der Waals surface area contributed by atoms with Crippen LogP contribution < -0.4 is 10.1 Å². The summed E-state index contributed by atoms with van der Waals surface area (Å²) in [6, 6.07) is 7.79. The molecule has 1 aromatic carbocycles. The van der Waals surface area contributed by atoms with E-state index in [0.717, 1.165) is 36.3 Å². The molecule has 0 aliphatic heterocycles. The van der Waals surface area contributed by atoms with E-state index in [1.54, 1.807) is 7.11 Å². The number of benzene rings is 1. The third-order valence-corrected chi connectivity index (χ3v) is 2.91. The quantitative estimate of drug-likeness (QED) is 0.632. The van der Waals surface area contributed by atoms with Crippen molar-refractivity contribution >= 4 is 15.9 Å². The summed E-state index contributed by atoms with van der Waals surface area (Å²) in [5, 5.41) is 3.28. The van der Waals surface area contributed by atoms with Gasteiger partial charge in [0.2, 0.25) is 0 Å². The maximum Gasteiger partial charge on any atom is 0.120 e. The van der Waals surface area contributed by atoms with Gasteiger partial charge in [0.15, 0.2) is 0 Å². The van der Waals surface area contributed by atoms with Crippen LogP contribution >= 0.6 is 15.9 Å². The normalized spacial score (nSPS) is 10.6. The van der Waals surface area contributed by atoms with Gasteiger partial charge in [0.25, 0.3) is 0 Å². The molecule has 1 aromatic rings. The lowest BCUT2D eigenvalue weighted by Crippen LogP contribution is -2.22. The van der Waals surface area contributed by atoms with E-state index in [0.29, 0.717) is 19.8 Å². The predicted molar refractivity (Wildman–Crippen MR) is 79.8 cm³/mol. The molecule has 0 heterocycles. The highest BCUT2D eigenvalue weighted by Gasteiger charge is 1.95. The minimum absolute atomic E-state index is 0.570. The van der Waals surface area contributed by atoms with Gasteiger partial charge in [0, 0.05) is 24.7 Å². The first-order valence-electron chi connectivity index (χ1n) is 6.48. The van der Waals surface area contributed by atoms with Crippen LogP contribution in [-0.2, 0) is 9.47 Å². The fraction of sp³-hybridized carbons (Fsp3) is 0.571. The van der Waals surface area contributed by atoms with Gasteiger partial charge in [-0.15, -0.1) is 0 Å². The van der Waals surface area contributed by atoms with Gasteiger partial charge in [0.1, 0.15) is 12.4 Å². The number of ether oxygens (including phenoxy) is 3. The molecule has 0 bridgehead atoms. The maximum atomic E-state index is 5.55. The second-order valence-electron chi connectivity index (χ2n) is 4.01. The van der Waals surface area contributed by atoms with Crippen molar-refractivity contribution in [3.05, 3.63) is 28.7 Å². The molecule has 19 heavy (non-hydrogen) atoms. The Hall–Kier alpha value is -0.620. The van der Waals surface area contributed by atoms with Gasteiger partial charge in [-0.05, 0) is 31.2 Å². The smallest absolute Gasteiger partial charge is 0.120 e. The van der Waals surface area contributed by atoms with Crippen LogP contribution in [-0.4, -0.2) is 46.6 Å². The molecule has 108 valence electrons. The van der Waals surface area contributed by atoms with Gasteiger partial charge in [-0.1, -0.05) is 22.0 Å². The molecule has 4 nitrogen and oxygen atoms in total. The Morgan fingerprint density at radius 3 is 2.79 bits per heavy atom. The molecule has 0 aromatic heterocycles. The number of halogens is 1. The van der Waals surface area contributed by atoms with Gasteiger partial charge >= 0.3 is 0 Å². The lowest BCUT2D eigenvalue weighted by atomic mass is 10.3. The van der Waals surface area contributed by atoms with Crippen LogP contribution in [0, 0.1) is 0 Å². The Morgan fingerprint density at radius 1 is 1.11 bits per heavy atom. The first kappa shape index (κ1) is 16.4. The average Bonchev–Trinajstić information content (AvgIpc) is 2.41. The van der Waals surface area contributed by atoms with Crippen LogP contribution in [0.3, 0.4) is 0 Å². The fourth-order valence-electron chi connectivity index (χ4n) is 1.49. The van der Waals surface area contributed by atoms with Crippen LogP contribution in [0.4, 0.5) is 0 Å². The Morgan fingerprint density at radius 2 is 2.00 bits per heavy atom. The first-order chi connectivity index (χ1) is 9.33. The monoisotopic (exact) mass is 331 g/mol. The molecule has 5 heteroatoms. The molecule has 0 aliphatic carbocycles. The number of rotatable bonds is 11. The number of methoxy groups -OCH3 is 1. The topological polar surface area (TPSA) is 39.7 Å². The fourth-order valence-corrected chi connectivity index (χ4v) is 1.87. The largest absolute Gasteiger partial charge is 0.491 e. The second-order valence-corrected chi connectivity index (χ2v) is 4.93. The Bertz CT molecular complexity index is 336. The third-order valence-electron chi connectivity index (χ3n) is 2.42. The SMILES string of the molecule is COCCCNCCOCCOc1cccc(Br)c1. The number of hydrogen-bond acceptors (Lipinski definition) is 4. The van der Waals surface area contributed by atoms with Gasteiger partial charge < -0.3 is 19.5 Å². The summed E-state index contributed by atoms with van der Waals surface area (Å²) >= 11 is 3.40. The molecular weight excluding hydrogens is 310 g/mol. The first-order valence-corrected chi connectivity index (χ1v) is 7.28. The summed E-state index contributed by atoms with van der Waals surface area (Å²) in [7, 11) is 1.72. The zero-order valence-corrected chi connectivity index (χ0v) is 12.9. The van der Waals surface area contributed by atoms with E-state index in [2.05, 4.69) is 21.2 Å². The Kier molecular flexibility index (Phi) is 9.71. The number of hydrogen-bond donors (Lipinski definition) is 1. The highest BCUT2D eigenvalue weighted by molar-refractivity contribution is 9.10. The summed E-state index contributed by atoms with van der Waals surface area (Å²) in [5.41, 5.74) is 0. The van der Waals surface area contributed by atoms with Crippen LogP contribution in [0.5, 0.6) is 5.75 Å². The van der Waals surface area contributed by atoms with Crippen molar-refractivity contribution in [3.8, 4) is 5.75 Å². The summed E-state index contributed by atoms with van der Waals surface area (Å²) in [4.78, 5) is 0. The molecular formula is C14H22BrNO3. The zero-order chi connectivity index (χ0) is 13.8. The van der Waals surface area contributed by atoms with Crippen molar-refractivity contribution in [1.82, 2.24) is 5.32 Å². The van der Waals surface area contributed by atoms with Crippen molar-refractivity contribution in [2.24, 2.45) is 0 Å². The summed E-state index contributed by atoms with van der Waals surface area (Å²) in [5.74, 6) is 0.857. The van der Waals surface area contributed by atoms with Crippen molar-refractivity contribution in [1.29, 1.82) is 0 Å². The van der Waals surface area contributed by atoms with E-state index in [1.807, 2.05) is 24.3 Å². The molecule has 0 fully saturated rings. The Balaban J connectivity index is 1.89. The van der Waals surface area contributed by atoms with Gasteiger partial charge in [-0.25, -0.2) is 0 Å². The molecule has 0 saturated heterocycles. The molecule has 0 amide bonds. The van der Waals surface area contributed by atoms with Crippen molar-refractivity contribution in [3.63, 3.8) is 0 Å². The molecule has 0 saturated carbocycles. The van der Waals surface area contributed by atoms with E-state index in [-0.39, 0.29) is 0 Å². The highest BCUT2D eigenvalue weighted by atomic mass is 79.9. The van der Waals surface area contributed by atoms with Crippen LogP contribution in [0.25, 0.3) is 0 Å². The van der Waals surface area contributed by atoms with E-state index >= 15 is 0 Å². The predicted octanol–water partition coefficient (Wildman–Crippen LogP) is 2.47. The van der Waals surface area contributed by atoms with Crippen molar-refractivity contribution < 1.29 is 14.2 Å². The highest BCUT2D eigenvalue weighted by Crippen LogP contribution is 2.17. The molecule has 0 radical (unpaired) electrons. The molecule has 1 N–H and O–H groups in total. The third kappa shape index (κ3) is 8.99. The Labute approximate surface area is 123 Å². The van der Waals surface area contributed by atoms with E-state index in [1.165, 1.54) is 0 Å². The lowest BCUT2D eigenvalue weighted by Gasteiger charge is -2.08. The number of nitrogens with one attached hydrogen (secondary N) is 1. The van der Waals surface area contributed by atoms with Crippen molar-refractivity contribution in [2.75, 3.05) is 46.6 Å². The summed E-state index contributed by atoms with van der Waals surface area (Å²) in [6.07, 6.45) is 1.03. The van der Waals surface area contributed by atoms with E-state index < -0.39 is 0 Å². The minimum atomic E-state index is 0.570. The maximum absolute atomic E-state index is 5.55. The molecule has 0 atom stereocenters. The second kappa shape index (κ2) is 11.2. The summed E-state index contributed by atoms with van der Waals surface area (Å²) < 4.78 is 17.0. The zero-order valence-electron chi connectivity index (χ0n) is 11.4. The standard InChI is InChI=1S/C14H22BrNO3/c1-17-8-3-6-16-7-9-18-10-11-19-14-5-2-4-13(15)12-14/h2,4-5,12,16H,3,6-11H2,1H3. The van der Waals surface area contributed by atoms with Crippen LogP contribution in [0.1, 0.15) is 6.42 Å². The van der Waals surface area contributed by atoms with Crippen LogP contribution in [0.15, 0.2) is 28.7 Å².